The normalized spacial score (nSPS) is 13.3. The molecule has 0 spiro atoms. The Bertz CT molecular complexity index is 705. The highest BCUT2D eigenvalue weighted by molar-refractivity contribution is 7.16. The number of fused-ring (bicyclic) bond motifs is 1. The zero-order valence-electron chi connectivity index (χ0n) is 10.9. The van der Waals surface area contributed by atoms with Crippen LogP contribution in [0.15, 0.2) is 30.3 Å². The van der Waals surface area contributed by atoms with E-state index in [0.717, 1.165) is 29.0 Å². The Morgan fingerprint density at radius 2 is 1.95 bits per heavy atom. The fourth-order valence-electron chi connectivity index (χ4n) is 2.56. The maximum Gasteiger partial charge on any atom is 0.345 e. The monoisotopic (exact) mass is 287 g/mol. The second-order valence-corrected chi connectivity index (χ2v) is 5.84. The molecule has 1 amide bonds. The lowest BCUT2D eigenvalue weighted by atomic mass is 10.1. The van der Waals surface area contributed by atoms with E-state index in [1.165, 1.54) is 11.6 Å². The molecule has 0 unspecified atom stereocenters. The van der Waals surface area contributed by atoms with Crippen LogP contribution in [-0.2, 0) is 6.42 Å². The van der Waals surface area contributed by atoms with Gasteiger partial charge in [0.05, 0.1) is 10.6 Å². The van der Waals surface area contributed by atoms with Crippen molar-refractivity contribution in [1.82, 2.24) is 0 Å². The molecule has 1 aliphatic heterocycles. The van der Waals surface area contributed by atoms with Gasteiger partial charge in [-0.05, 0) is 36.6 Å². The molecule has 0 saturated heterocycles. The van der Waals surface area contributed by atoms with Crippen LogP contribution in [-0.4, -0.2) is 23.5 Å². The van der Waals surface area contributed by atoms with E-state index in [1.54, 1.807) is 11.0 Å². The van der Waals surface area contributed by atoms with E-state index in [1.807, 2.05) is 25.1 Å². The van der Waals surface area contributed by atoms with E-state index >= 15 is 0 Å². The van der Waals surface area contributed by atoms with Crippen molar-refractivity contribution >= 4 is 28.9 Å². The summed E-state index contributed by atoms with van der Waals surface area (Å²) in [6.07, 6.45) is 0.847. The van der Waals surface area contributed by atoms with Crippen LogP contribution in [0.1, 0.15) is 30.5 Å². The van der Waals surface area contributed by atoms with E-state index < -0.39 is 5.97 Å². The summed E-state index contributed by atoms with van der Waals surface area (Å²) in [5.41, 5.74) is 3.22. The van der Waals surface area contributed by atoms with E-state index in [9.17, 15) is 9.59 Å². The van der Waals surface area contributed by atoms with Crippen LogP contribution in [0, 0.1) is 6.92 Å². The summed E-state index contributed by atoms with van der Waals surface area (Å²) >= 11 is 1.03. The fourth-order valence-corrected chi connectivity index (χ4v) is 3.35. The molecule has 2 aromatic rings. The quantitative estimate of drug-likeness (QED) is 0.924. The molecule has 3 rings (SSSR count). The van der Waals surface area contributed by atoms with Gasteiger partial charge in [0.1, 0.15) is 4.88 Å². The number of amides is 1. The average Bonchev–Trinajstić information content (AvgIpc) is 3.05. The Morgan fingerprint density at radius 1 is 1.20 bits per heavy atom. The van der Waals surface area contributed by atoms with Gasteiger partial charge in [0.15, 0.2) is 0 Å². The number of hydrogen-bond donors (Lipinski definition) is 1. The van der Waals surface area contributed by atoms with Gasteiger partial charge in [0.25, 0.3) is 5.91 Å². The molecule has 102 valence electrons. The molecule has 1 aliphatic rings. The third-order valence-electron chi connectivity index (χ3n) is 3.47. The number of thiophene rings is 1. The van der Waals surface area contributed by atoms with E-state index in [4.69, 9.17) is 5.11 Å². The van der Waals surface area contributed by atoms with Gasteiger partial charge in [-0.2, -0.15) is 0 Å². The molecule has 0 radical (unpaired) electrons. The van der Waals surface area contributed by atoms with Crippen LogP contribution in [0.5, 0.6) is 0 Å². The number of carbonyl (C=O) groups is 2. The summed E-state index contributed by atoms with van der Waals surface area (Å²) in [5.74, 6) is -1.11. The van der Waals surface area contributed by atoms with Crippen molar-refractivity contribution in [2.24, 2.45) is 0 Å². The molecule has 0 bridgehead atoms. The highest BCUT2D eigenvalue weighted by atomic mass is 32.1. The Morgan fingerprint density at radius 3 is 2.65 bits per heavy atom. The van der Waals surface area contributed by atoms with Crippen molar-refractivity contribution < 1.29 is 14.7 Å². The van der Waals surface area contributed by atoms with Gasteiger partial charge in [0, 0.05) is 6.54 Å². The van der Waals surface area contributed by atoms with Crippen molar-refractivity contribution in [1.29, 1.82) is 0 Å². The summed E-state index contributed by atoms with van der Waals surface area (Å²) in [5, 5.41) is 8.93. The molecule has 0 atom stereocenters. The Hall–Kier alpha value is -2.14. The number of nitrogens with zero attached hydrogens (tertiary/aromatic N) is 1. The summed E-state index contributed by atoms with van der Waals surface area (Å²) < 4.78 is 0. The van der Waals surface area contributed by atoms with Gasteiger partial charge in [-0.3, -0.25) is 4.79 Å². The topological polar surface area (TPSA) is 57.6 Å². The number of carbonyl (C=O) groups excluding carboxylic acids is 1. The molecule has 1 aromatic heterocycles. The number of aryl methyl sites for hydroxylation is 1. The van der Waals surface area contributed by atoms with Crippen molar-refractivity contribution in [3.05, 3.63) is 51.2 Å². The zero-order valence-corrected chi connectivity index (χ0v) is 11.7. The lowest BCUT2D eigenvalue weighted by Gasteiger charge is -2.18. The third-order valence-corrected chi connectivity index (χ3v) is 4.53. The second kappa shape index (κ2) is 4.76. The van der Waals surface area contributed by atoms with Crippen molar-refractivity contribution in [2.45, 2.75) is 13.3 Å². The molecule has 2 heterocycles. The first kappa shape index (κ1) is 12.9. The molecular formula is C15H13NO3S. The van der Waals surface area contributed by atoms with Crippen LogP contribution in [0.4, 0.5) is 5.69 Å². The minimum absolute atomic E-state index is 0.115. The SMILES string of the molecule is Cc1cccc2c1N(C(=O)c1ccc(C(=O)O)s1)CC2. The summed E-state index contributed by atoms with van der Waals surface area (Å²) in [6.45, 7) is 2.64. The number of hydrogen-bond acceptors (Lipinski definition) is 3. The van der Waals surface area contributed by atoms with E-state index in [-0.39, 0.29) is 10.8 Å². The summed E-state index contributed by atoms with van der Waals surface area (Å²) in [4.78, 5) is 25.9. The highest BCUT2D eigenvalue weighted by Crippen LogP contribution is 2.33. The standard InChI is InChI=1S/C15H13NO3S/c1-9-3-2-4-10-7-8-16(13(9)10)14(17)11-5-6-12(20-11)15(18)19/h2-6H,7-8H2,1H3,(H,18,19). The first-order chi connectivity index (χ1) is 9.58. The van der Waals surface area contributed by atoms with Crippen LogP contribution >= 0.6 is 11.3 Å². The van der Waals surface area contributed by atoms with Crippen molar-refractivity contribution in [2.75, 3.05) is 11.4 Å². The zero-order chi connectivity index (χ0) is 14.3. The second-order valence-electron chi connectivity index (χ2n) is 4.76. The lowest BCUT2D eigenvalue weighted by molar-refractivity contribution is 0.0702. The fraction of sp³-hybridized carbons (Fsp3) is 0.200. The van der Waals surface area contributed by atoms with E-state index in [2.05, 4.69) is 0 Å². The number of anilines is 1. The Labute approximate surface area is 120 Å². The average molecular weight is 287 g/mol. The molecule has 1 aromatic carbocycles. The van der Waals surface area contributed by atoms with Gasteiger partial charge in [-0.1, -0.05) is 18.2 Å². The Balaban J connectivity index is 1.95. The summed E-state index contributed by atoms with van der Waals surface area (Å²) in [7, 11) is 0. The first-order valence-electron chi connectivity index (χ1n) is 6.31. The number of carboxylic acid groups (broad SMARTS) is 1. The maximum absolute atomic E-state index is 12.5. The molecule has 0 saturated carbocycles. The number of para-hydroxylation sites is 1. The van der Waals surface area contributed by atoms with Gasteiger partial charge < -0.3 is 10.0 Å². The molecule has 1 N–H and O–H groups in total. The first-order valence-corrected chi connectivity index (χ1v) is 7.13. The van der Waals surface area contributed by atoms with Gasteiger partial charge in [-0.25, -0.2) is 4.79 Å². The molecule has 5 heteroatoms. The molecule has 4 nitrogen and oxygen atoms in total. The smallest absolute Gasteiger partial charge is 0.345 e. The van der Waals surface area contributed by atoms with Gasteiger partial charge in [-0.15, -0.1) is 11.3 Å². The summed E-state index contributed by atoms with van der Waals surface area (Å²) in [6, 6.07) is 9.09. The third kappa shape index (κ3) is 2.00. The largest absolute Gasteiger partial charge is 0.477 e. The van der Waals surface area contributed by atoms with Gasteiger partial charge >= 0.3 is 5.97 Å². The van der Waals surface area contributed by atoms with Crippen LogP contribution in [0.2, 0.25) is 0 Å². The Kier molecular flexibility index (Phi) is 3.06. The number of aromatic carboxylic acids is 1. The lowest BCUT2D eigenvalue weighted by Crippen LogP contribution is -2.28. The van der Waals surface area contributed by atoms with Crippen molar-refractivity contribution in [3.63, 3.8) is 0 Å². The highest BCUT2D eigenvalue weighted by Gasteiger charge is 2.28. The van der Waals surface area contributed by atoms with Crippen LogP contribution < -0.4 is 4.90 Å². The minimum atomic E-state index is -0.993. The number of carboxylic acids is 1. The molecular weight excluding hydrogens is 274 g/mol. The van der Waals surface area contributed by atoms with Crippen LogP contribution in [0.3, 0.4) is 0 Å². The molecule has 0 fully saturated rings. The maximum atomic E-state index is 12.5. The molecule has 0 aliphatic carbocycles. The predicted molar refractivity (Wildman–Crippen MR) is 77.8 cm³/mol. The number of benzene rings is 1. The molecule has 20 heavy (non-hydrogen) atoms. The predicted octanol–water partition coefficient (Wildman–Crippen LogP) is 2.96. The number of rotatable bonds is 2. The van der Waals surface area contributed by atoms with Crippen LogP contribution in [0.25, 0.3) is 0 Å². The van der Waals surface area contributed by atoms with E-state index in [0.29, 0.717) is 11.4 Å². The minimum Gasteiger partial charge on any atom is -0.477 e. The van der Waals surface area contributed by atoms with Gasteiger partial charge in [0.2, 0.25) is 0 Å². The van der Waals surface area contributed by atoms with Crippen molar-refractivity contribution in [3.8, 4) is 0 Å².